The number of imidazole rings is 1. The summed E-state index contributed by atoms with van der Waals surface area (Å²) in [5.41, 5.74) is 2.40. The molecule has 0 bridgehead atoms. The Bertz CT molecular complexity index is 532. The lowest BCUT2D eigenvalue weighted by molar-refractivity contribution is 0.582. The van der Waals surface area contributed by atoms with E-state index in [0.717, 1.165) is 17.9 Å². The van der Waals surface area contributed by atoms with Gasteiger partial charge in [-0.05, 0) is 24.6 Å². The van der Waals surface area contributed by atoms with Crippen LogP contribution in [0.2, 0.25) is 0 Å². The van der Waals surface area contributed by atoms with Gasteiger partial charge in [0.1, 0.15) is 5.82 Å². The predicted octanol–water partition coefficient (Wildman–Crippen LogP) is 2.82. The Kier molecular flexibility index (Phi) is 3.77. The number of rotatable bonds is 4. The number of aromatic nitrogens is 2. The Morgan fingerprint density at radius 2 is 2.17 bits per heavy atom. The van der Waals surface area contributed by atoms with Crippen LogP contribution in [0.3, 0.4) is 0 Å². The van der Waals surface area contributed by atoms with Gasteiger partial charge in [-0.1, -0.05) is 19.9 Å². The predicted molar refractivity (Wildman–Crippen MR) is 70.2 cm³/mol. The Balaban J connectivity index is 2.16. The van der Waals surface area contributed by atoms with Crippen molar-refractivity contribution in [2.24, 2.45) is 0 Å². The molecule has 0 amide bonds. The fraction of sp³-hybridized carbons (Fsp3) is 0.357. The summed E-state index contributed by atoms with van der Waals surface area (Å²) in [4.78, 5) is 4.29. The lowest BCUT2D eigenvalue weighted by Crippen LogP contribution is -2.21. The second-order valence-corrected chi connectivity index (χ2v) is 4.74. The molecule has 0 aliphatic rings. The molecule has 96 valence electrons. The number of halogens is 1. The summed E-state index contributed by atoms with van der Waals surface area (Å²) in [5.74, 6) is -0.192. The van der Waals surface area contributed by atoms with Crippen LogP contribution in [0.5, 0.6) is 0 Å². The van der Waals surface area contributed by atoms with Gasteiger partial charge in [-0.25, -0.2) is 9.37 Å². The van der Waals surface area contributed by atoms with Gasteiger partial charge in [0.15, 0.2) is 0 Å². The Morgan fingerprint density at radius 3 is 2.83 bits per heavy atom. The van der Waals surface area contributed by atoms with Crippen molar-refractivity contribution in [2.45, 2.75) is 33.4 Å². The molecule has 4 heteroatoms. The van der Waals surface area contributed by atoms with Gasteiger partial charge in [-0.15, -0.1) is 0 Å². The Morgan fingerprint density at radius 1 is 1.39 bits per heavy atom. The molecule has 0 fully saturated rings. The van der Waals surface area contributed by atoms with E-state index in [1.54, 1.807) is 19.3 Å². The van der Waals surface area contributed by atoms with Crippen LogP contribution in [0.1, 0.15) is 25.1 Å². The molecule has 0 atom stereocenters. The SMILES string of the molecule is Cc1ccc(-n2cnc(CNC(C)C)c2)cc1F. The summed E-state index contributed by atoms with van der Waals surface area (Å²) < 4.78 is 15.3. The number of benzene rings is 1. The minimum atomic E-state index is -0.192. The van der Waals surface area contributed by atoms with E-state index in [0.29, 0.717) is 11.6 Å². The van der Waals surface area contributed by atoms with E-state index < -0.39 is 0 Å². The molecule has 0 unspecified atom stereocenters. The maximum Gasteiger partial charge on any atom is 0.128 e. The van der Waals surface area contributed by atoms with Crippen LogP contribution < -0.4 is 5.32 Å². The van der Waals surface area contributed by atoms with Crippen molar-refractivity contribution < 1.29 is 4.39 Å². The summed E-state index contributed by atoms with van der Waals surface area (Å²) in [6.45, 7) is 6.66. The van der Waals surface area contributed by atoms with Crippen molar-refractivity contribution in [1.82, 2.24) is 14.9 Å². The summed E-state index contributed by atoms with van der Waals surface area (Å²) in [5, 5.41) is 3.30. The van der Waals surface area contributed by atoms with Crippen LogP contribution in [0.15, 0.2) is 30.7 Å². The lowest BCUT2D eigenvalue weighted by Gasteiger charge is -2.05. The second-order valence-electron chi connectivity index (χ2n) is 4.74. The molecule has 2 rings (SSSR count). The van der Waals surface area contributed by atoms with Gasteiger partial charge >= 0.3 is 0 Å². The highest BCUT2D eigenvalue weighted by Crippen LogP contribution is 2.13. The molecule has 0 saturated heterocycles. The lowest BCUT2D eigenvalue weighted by atomic mass is 10.2. The number of aryl methyl sites for hydroxylation is 1. The van der Waals surface area contributed by atoms with Gasteiger partial charge in [-0.3, -0.25) is 0 Å². The van der Waals surface area contributed by atoms with E-state index in [4.69, 9.17) is 0 Å². The quantitative estimate of drug-likeness (QED) is 0.900. The average molecular weight is 247 g/mol. The van der Waals surface area contributed by atoms with Crippen LogP contribution in [-0.4, -0.2) is 15.6 Å². The molecule has 3 nitrogen and oxygen atoms in total. The molecule has 0 saturated carbocycles. The Labute approximate surface area is 107 Å². The molecule has 0 radical (unpaired) electrons. The molecule has 1 aromatic heterocycles. The van der Waals surface area contributed by atoms with Crippen LogP contribution >= 0.6 is 0 Å². The molecule has 1 aromatic carbocycles. The smallest absolute Gasteiger partial charge is 0.128 e. The van der Waals surface area contributed by atoms with Crippen molar-refractivity contribution >= 4 is 0 Å². The van der Waals surface area contributed by atoms with E-state index in [1.807, 2.05) is 16.8 Å². The third-order valence-electron chi connectivity index (χ3n) is 2.78. The zero-order chi connectivity index (χ0) is 13.1. The third-order valence-corrected chi connectivity index (χ3v) is 2.78. The van der Waals surface area contributed by atoms with E-state index in [-0.39, 0.29) is 5.82 Å². The van der Waals surface area contributed by atoms with Crippen LogP contribution in [0, 0.1) is 12.7 Å². The van der Waals surface area contributed by atoms with E-state index >= 15 is 0 Å². The van der Waals surface area contributed by atoms with Gasteiger partial charge in [0.05, 0.1) is 12.0 Å². The zero-order valence-electron chi connectivity index (χ0n) is 10.9. The topological polar surface area (TPSA) is 29.9 Å². The van der Waals surface area contributed by atoms with Crippen molar-refractivity contribution in [1.29, 1.82) is 0 Å². The summed E-state index contributed by atoms with van der Waals surface area (Å²) >= 11 is 0. The normalized spacial score (nSPS) is 11.2. The average Bonchev–Trinajstić information content (AvgIpc) is 2.79. The van der Waals surface area contributed by atoms with Gasteiger partial charge in [0.2, 0.25) is 0 Å². The van der Waals surface area contributed by atoms with Crippen molar-refractivity contribution in [3.05, 3.63) is 47.8 Å². The van der Waals surface area contributed by atoms with E-state index in [2.05, 4.69) is 24.1 Å². The summed E-state index contributed by atoms with van der Waals surface area (Å²) in [6, 6.07) is 5.61. The minimum Gasteiger partial charge on any atom is -0.309 e. The fourth-order valence-electron chi connectivity index (χ4n) is 1.65. The first kappa shape index (κ1) is 12.8. The van der Waals surface area contributed by atoms with Gasteiger partial charge in [0.25, 0.3) is 0 Å². The minimum absolute atomic E-state index is 0.192. The standard InChI is InChI=1S/C14H18FN3/c1-10(2)16-7-12-8-18(9-17-12)13-5-4-11(3)14(15)6-13/h4-6,8-10,16H,7H2,1-3H3. The third kappa shape index (κ3) is 2.96. The first-order chi connectivity index (χ1) is 8.56. The second kappa shape index (κ2) is 5.31. The number of hydrogen-bond donors (Lipinski definition) is 1. The number of nitrogens with one attached hydrogen (secondary N) is 1. The number of hydrogen-bond acceptors (Lipinski definition) is 2. The zero-order valence-corrected chi connectivity index (χ0v) is 10.9. The molecular formula is C14H18FN3. The number of nitrogens with zero attached hydrogens (tertiary/aromatic N) is 2. The monoisotopic (exact) mass is 247 g/mol. The highest BCUT2D eigenvalue weighted by molar-refractivity contribution is 5.35. The largest absolute Gasteiger partial charge is 0.309 e. The molecular weight excluding hydrogens is 229 g/mol. The molecule has 1 N–H and O–H groups in total. The van der Waals surface area contributed by atoms with Gasteiger partial charge in [0, 0.05) is 24.5 Å². The van der Waals surface area contributed by atoms with Crippen molar-refractivity contribution in [2.75, 3.05) is 0 Å². The highest BCUT2D eigenvalue weighted by atomic mass is 19.1. The molecule has 0 aliphatic heterocycles. The highest BCUT2D eigenvalue weighted by Gasteiger charge is 2.04. The van der Waals surface area contributed by atoms with Crippen LogP contribution in [0.25, 0.3) is 5.69 Å². The van der Waals surface area contributed by atoms with E-state index in [1.165, 1.54) is 6.07 Å². The first-order valence-electron chi connectivity index (χ1n) is 6.09. The maximum absolute atomic E-state index is 13.5. The molecule has 0 aliphatic carbocycles. The van der Waals surface area contributed by atoms with Gasteiger partial charge in [-0.2, -0.15) is 0 Å². The maximum atomic E-state index is 13.5. The molecule has 18 heavy (non-hydrogen) atoms. The first-order valence-corrected chi connectivity index (χ1v) is 6.09. The van der Waals surface area contributed by atoms with Crippen LogP contribution in [-0.2, 0) is 6.54 Å². The van der Waals surface area contributed by atoms with Crippen molar-refractivity contribution in [3.63, 3.8) is 0 Å². The van der Waals surface area contributed by atoms with Gasteiger partial charge < -0.3 is 9.88 Å². The molecule has 0 spiro atoms. The van der Waals surface area contributed by atoms with E-state index in [9.17, 15) is 4.39 Å². The van der Waals surface area contributed by atoms with Crippen LogP contribution in [0.4, 0.5) is 4.39 Å². The Hall–Kier alpha value is -1.68. The summed E-state index contributed by atoms with van der Waals surface area (Å²) in [7, 11) is 0. The summed E-state index contributed by atoms with van der Waals surface area (Å²) in [6.07, 6.45) is 3.63. The molecule has 1 heterocycles. The van der Waals surface area contributed by atoms with Crippen molar-refractivity contribution in [3.8, 4) is 5.69 Å². The fourth-order valence-corrected chi connectivity index (χ4v) is 1.65. The molecule has 2 aromatic rings.